The normalized spacial score (nSPS) is 12.2. The average molecular weight is 273 g/mol. The molecule has 1 aromatic carbocycles. The molecule has 0 heterocycles. The van der Waals surface area contributed by atoms with Crippen LogP contribution in [0.3, 0.4) is 0 Å². The number of rotatable bonds is 6. The third-order valence-electron chi connectivity index (χ3n) is 2.73. The van der Waals surface area contributed by atoms with E-state index in [1.165, 1.54) is 18.2 Å². The van der Waals surface area contributed by atoms with Gasteiger partial charge in [0.15, 0.2) is 0 Å². The summed E-state index contributed by atoms with van der Waals surface area (Å²) in [5, 5.41) is 2.84. The lowest BCUT2D eigenvalue weighted by atomic mass is 10.0. The second kappa shape index (κ2) is 7.34. The van der Waals surface area contributed by atoms with Crippen LogP contribution >= 0.6 is 11.6 Å². The molecule has 1 rings (SSSR count). The molecule has 0 aliphatic rings. The second-order valence-corrected chi connectivity index (χ2v) is 4.83. The van der Waals surface area contributed by atoms with Gasteiger partial charge in [-0.05, 0) is 43.5 Å². The highest BCUT2D eigenvalue weighted by molar-refractivity contribution is 6.30. The summed E-state index contributed by atoms with van der Waals surface area (Å²) < 4.78 is 13.4. The first-order valence-electron chi connectivity index (χ1n) is 5.98. The summed E-state index contributed by atoms with van der Waals surface area (Å²) in [5.74, 6) is -0.318. The highest BCUT2D eigenvalue weighted by Crippen LogP contribution is 2.19. The van der Waals surface area contributed by atoms with E-state index < -0.39 is 5.82 Å². The molecule has 0 bridgehead atoms. The summed E-state index contributed by atoms with van der Waals surface area (Å²) in [6.45, 7) is 2.66. The van der Waals surface area contributed by atoms with Gasteiger partial charge in [-0.2, -0.15) is 0 Å². The molecule has 0 fully saturated rings. The smallest absolute Gasteiger partial charge is 0.224 e. The standard InChI is InChI=1S/C13H18ClFN2O/c1-9(6-7-16)2-5-13(18)17-12-4-3-10(14)8-11(12)15/h3-4,8-9H,2,5-7,16H2,1H3,(H,17,18). The average Bonchev–Trinajstić information content (AvgIpc) is 2.31. The lowest BCUT2D eigenvalue weighted by Gasteiger charge is -2.10. The summed E-state index contributed by atoms with van der Waals surface area (Å²) in [5.41, 5.74) is 5.59. The molecular formula is C13H18ClFN2O. The molecule has 0 aliphatic carbocycles. The van der Waals surface area contributed by atoms with Gasteiger partial charge in [0.25, 0.3) is 0 Å². The van der Waals surface area contributed by atoms with Crippen molar-refractivity contribution >= 4 is 23.2 Å². The van der Waals surface area contributed by atoms with Crippen molar-refractivity contribution in [2.24, 2.45) is 11.7 Å². The molecule has 0 aliphatic heterocycles. The molecule has 1 aromatic rings. The molecule has 0 saturated carbocycles. The van der Waals surface area contributed by atoms with Gasteiger partial charge in [0.2, 0.25) is 5.91 Å². The quantitative estimate of drug-likeness (QED) is 0.836. The fourth-order valence-corrected chi connectivity index (χ4v) is 1.77. The van der Waals surface area contributed by atoms with Crippen LogP contribution in [0.4, 0.5) is 10.1 Å². The minimum absolute atomic E-state index is 0.163. The molecule has 0 saturated heterocycles. The summed E-state index contributed by atoms with van der Waals surface area (Å²) in [6, 6.07) is 4.17. The maximum atomic E-state index is 13.4. The molecule has 0 spiro atoms. The van der Waals surface area contributed by atoms with Gasteiger partial charge in [-0.15, -0.1) is 0 Å². The first-order chi connectivity index (χ1) is 8.52. The zero-order valence-electron chi connectivity index (χ0n) is 10.4. The largest absolute Gasteiger partial charge is 0.330 e. The number of carbonyl (C=O) groups is 1. The first kappa shape index (κ1) is 14.9. The van der Waals surface area contributed by atoms with Crippen LogP contribution in [0.2, 0.25) is 5.02 Å². The van der Waals surface area contributed by atoms with E-state index in [1.54, 1.807) is 0 Å². The van der Waals surface area contributed by atoms with Gasteiger partial charge in [0, 0.05) is 11.4 Å². The minimum Gasteiger partial charge on any atom is -0.330 e. The number of benzene rings is 1. The number of amides is 1. The van der Waals surface area contributed by atoms with Gasteiger partial charge in [-0.25, -0.2) is 4.39 Å². The second-order valence-electron chi connectivity index (χ2n) is 4.39. The Morgan fingerprint density at radius 3 is 2.83 bits per heavy atom. The van der Waals surface area contributed by atoms with E-state index in [0.29, 0.717) is 23.9 Å². The van der Waals surface area contributed by atoms with Gasteiger partial charge in [-0.3, -0.25) is 4.79 Å². The van der Waals surface area contributed by atoms with E-state index in [2.05, 4.69) is 5.32 Å². The summed E-state index contributed by atoms with van der Waals surface area (Å²) in [4.78, 5) is 11.6. The number of halogens is 2. The van der Waals surface area contributed by atoms with Crippen molar-refractivity contribution in [3.05, 3.63) is 29.0 Å². The van der Waals surface area contributed by atoms with Crippen molar-refractivity contribution in [3.8, 4) is 0 Å². The maximum absolute atomic E-state index is 13.4. The van der Waals surface area contributed by atoms with Crippen molar-refractivity contribution in [1.82, 2.24) is 0 Å². The molecule has 18 heavy (non-hydrogen) atoms. The maximum Gasteiger partial charge on any atom is 0.224 e. The fraction of sp³-hybridized carbons (Fsp3) is 0.462. The predicted octanol–water partition coefficient (Wildman–Crippen LogP) is 3.18. The predicted molar refractivity (Wildman–Crippen MR) is 72.1 cm³/mol. The van der Waals surface area contributed by atoms with Crippen LogP contribution in [-0.4, -0.2) is 12.5 Å². The van der Waals surface area contributed by atoms with Crippen molar-refractivity contribution in [2.45, 2.75) is 26.2 Å². The number of carbonyl (C=O) groups excluding carboxylic acids is 1. The van der Waals surface area contributed by atoms with Gasteiger partial charge in [0.05, 0.1) is 5.69 Å². The Hall–Kier alpha value is -1.13. The molecule has 1 amide bonds. The van der Waals surface area contributed by atoms with Crippen LogP contribution in [0.25, 0.3) is 0 Å². The van der Waals surface area contributed by atoms with Crippen molar-refractivity contribution < 1.29 is 9.18 Å². The van der Waals surface area contributed by atoms with Crippen LogP contribution < -0.4 is 11.1 Å². The van der Waals surface area contributed by atoms with Gasteiger partial charge < -0.3 is 11.1 Å². The number of nitrogens with one attached hydrogen (secondary N) is 1. The van der Waals surface area contributed by atoms with Crippen LogP contribution in [0.5, 0.6) is 0 Å². The molecule has 5 heteroatoms. The van der Waals surface area contributed by atoms with Crippen molar-refractivity contribution in [2.75, 3.05) is 11.9 Å². The van der Waals surface area contributed by atoms with E-state index in [9.17, 15) is 9.18 Å². The number of nitrogens with two attached hydrogens (primary N) is 1. The van der Waals surface area contributed by atoms with E-state index in [0.717, 1.165) is 12.8 Å². The Balaban J connectivity index is 2.44. The van der Waals surface area contributed by atoms with Crippen LogP contribution in [0.15, 0.2) is 18.2 Å². The summed E-state index contributed by atoms with van der Waals surface area (Å²) in [6.07, 6.45) is 2.00. The van der Waals surface area contributed by atoms with E-state index in [4.69, 9.17) is 17.3 Å². The van der Waals surface area contributed by atoms with Gasteiger partial charge in [0.1, 0.15) is 5.82 Å². The van der Waals surface area contributed by atoms with Crippen molar-refractivity contribution in [1.29, 1.82) is 0 Å². The molecule has 3 N–H and O–H groups in total. The van der Waals surface area contributed by atoms with Gasteiger partial charge >= 0.3 is 0 Å². The summed E-state index contributed by atoms with van der Waals surface area (Å²) >= 11 is 5.63. The lowest BCUT2D eigenvalue weighted by Crippen LogP contribution is -2.14. The molecule has 1 atom stereocenters. The number of hydrogen-bond donors (Lipinski definition) is 2. The van der Waals surface area contributed by atoms with E-state index >= 15 is 0 Å². The van der Waals surface area contributed by atoms with E-state index in [1.807, 2.05) is 6.92 Å². The zero-order valence-corrected chi connectivity index (χ0v) is 11.1. The van der Waals surface area contributed by atoms with Crippen molar-refractivity contribution in [3.63, 3.8) is 0 Å². The fourth-order valence-electron chi connectivity index (χ4n) is 1.61. The van der Waals surface area contributed by atoms with Gasteiger partial charge in [-0.1, -0.05) is 18.5 Å². The summed E-state index contributed by atoms with van der Waals surface area (Å²) in [7, 11) is 0. The molecule has 0 aromatic heterocycles. The van der Waals surface area contributed by atoms with E-state index in [-0.39, 0.29) is 11.6 Å². The first-order valence-corrected chi connectivity index (χ1v) is 6.35. The Labute approximate surface area is 112 Å². The third-order valence-corrected chi connectivity index (χ3v) is 2.96. The van der Waals surface area contributed by atoms with Crippen LogP contribution in [0.1, 0.15) is 26.2 Å². The van der Waals surface area contributed by atoms with Crippen LogP contribution in [-0.2, 0) is 4.79 Å². The topological polar surface area (TPSA) is 55.1 Å². The lowest BCUT2D eigenvalue weighted by molar-refractivity contribution is -0.116. The Kier molecular flexibility index (Phi) is 6.09. The highest BCUT2D eigenvalue weighted by Gasteiger charge is 2.09. The molecule has 3 nitrogen and oxygen atoms in total. The monoisotopic (exact) mass is 272 g/mol. The third kappa shape index (κ3) is 5.02. The molecular weight excluding hydrogens is 255 g/mol. The Bertz CT molecular complexity index is 412. The Morgan fingerprint density at radius 2 is 2.22 bits per heavy atom. The molecule has 0 radical (unpaired) electrons. The minimum atomic E-state index is -0.522. The SMILES string of the molecule is CC(CCN)CCC(=O)Nc1ccc(Cl)cc1F. The highest BCUT2D eigenvalue weighted by atomic mass is 35.5. The zero-order chi connectivity index (χ0) is 13.5. The molecule has 100 valence electrons. The number of anilines is 1. The number of hydrogen-bond acceptors (Lipinski definition) is 2. The molecule has 1 unspecified atom stereocenters. The van der Waals surface area contributed by atoms with Crippen LogP contribution in [0, 0.1) is 11.7 Å². The Morgan fingerprint density at radius 1 is 1.50 bits per heavy atom.